The molecule has 1 aromatic heterocycles. The number of hydrogen-bond acceptors (Lipinski definition) is 4. The minimum atomic E-state index is -0.148. The molecule has 132 valence electrons. The number of aryl methyl sites for hydroxylation is 1. The zero-order chi connectivity index (χ0) is 18.6. The Hall–Kier alpha value is -2.66. The SMILES string of the molecule is CC(=O)c1cc(C)cc2c(=O)n(C)c(N3Cc4ccc(Cl)cc4C3)nc12. The molecule has 26 heavy (non-hydrogen) atoms. The topological polar surface area (TPSA) is 55.2 Å². The number of halogens is 1. The minimum Gasteiger partial charge on any atom is -0.333 e. The van der Waals surface area contributed by atoms with E-state index in [0.717, 1.165) is 11.1 Å². The number of carbonyl (C=O) groups is 1. The monoisotopic (exact) mass is 367 g/mol. The number of carbonyl (C=O) groups excluding carboxylic acids is 1. The molecule has 0 N–H and O–H groups in total. The molecule has 4 rings (SSSR count). The summed E-state index contributed by atoms with van der Waals surface area (Å²) in [5.41, 5.74) is 3.97. The van der Waals surface area contributed by atoms with Crippen LogP contribution >= 0.6 is 11.6 Å². The van der Waals surface area contributed by atoms with Gasteiger partial charge in [0.15, 0.2) is 5.78 Å². The highest BCUT2D eigenvalue weighted by molar-refractivity contribution is 6.30. The Bertz CT molecular complexity index is 1130. The van der Waals surface area contributed by atoms with Gasteiger partial charge in [-0.15, -0.1) is 0 Å². The van der Waals surface area contributed by atoms with Crippen molar-refractivity contribution in [2.24, 2.45) is 7.05 Å². The summed E-state index contributed by atoms with van der Waals surface area (Å²) in [4.78, 5) is 31.8. The highest BCUT2D eigenvalue weighted by Gasteiger charge is 2.24. The van der Waals surface area contributed by atoms with E-state index in [9.17, 15) is 9.59 Å². The summed E-state index contributed by atoms with van der Waals surface area (Å²) in [6, 6.07) is 9.40. The second-order valence-electron chi connectivity index (χ2n) is 6.81. The Labute approximate surface area is 155 Å². The van der Waals surface area contributed by atoms with Crippen molar-refractivity contribution in [2.75, 3.05) is 4.90 Å². The fourth-order valence-electron chi connectivity index (χ4n) is 3.56. The molecule has 1 aliphatic heterocycles. The summed E-state index contributed by atoms with van der Waals surface area (Å²) in [6.45, 7) is 4.66. The lowest BCUT2D eigenvalue weighted by Gasteiger charge is -2.20. The first-order valence-electron chi connectivity index (χ1n) is 8.39. The first kappa shape index (κ1) is 16.8. The third kappa shape index (κ3) is 2.59. The molecule has 0 saturated heterocycles. The van der Waals surface area contributed by atoms with Gasteiger partial charge in [-0.25, -0.2) is 4.98 Å². The van der Waals surface area contributed by atoms with Crippen LogP contribution in [0.4, 0.5) is 5.95 Å². The van der Waals surface area contributed by atoms with Crippen LogP contribution in [0, 0.1) is 6.92 Å². The number of benzene rings is 2. The van der Waals surface area contributed by atoms with Crippen LogP contribution in [0.2, 0.25) is 5.02 Å². The highest BCUT2D eigenvalue weighted by atomic mass is 35.5. The van der Waals surface area contributed by atoms with Crippen LogP contribution in [0.5, 0.6) is 0 Å². The summed E-state index contributed by atoms with van der Waals surface area (Å²) in [6.07, 6.45) is 0. The molecule has 6 heteroatoms. The average Bonchev–Trinajstić information content (AvgIpc) is 3.00. The lowest BCUT2D eigenvalue weighted by molar-refractivity contribution is 0.101. The van der Waals surface area contributed by atoms with Crippen LogP contribution < -0.4 is 10.5 Å². The molecular formula is C20H18ClN3O2. The van der Waals surface area contributed by atoms with Gasteiger partial charge >= 0.3 is 0 Å². The molecule has 0 bridgehead atoms. The third-order valence-corrected chi connectivity index (χ3v) is 5.09. The highest BCUT2D eigenvalue weighted by Crippen LogP contribution is 2.29. The van der Waals surface area contributed by atoms with Gasteiger partial charge in [0.05, 0.1) is 10.9 Å². The van der Waals surface area contributed by atoms with Crippen molar-refractivity contribution < 1.29 is 4.79 Å². The average molecular weight is 368 g/mol. The molecule has 0 saturated carbocycles. The molecule has 2 heterocycles. The molecule has 3 aromatic rings. The lowest BCUT2D eigenvalue weighted by atomic mass is 10.0. The molecule has 0 atom stereocenters. The summed E-state index contributed by atoms with van der Waals surface area (Å²) in [7, 11) is 1.72. The fourth-order valence-corrected chi connectivity index (χ4v) is 3.76. The van der Waals surface area contributed by atoms with E-state index in [2.05, 4.69) is 0 Å². The molecule has 0 spiro atoms. The first-order chi connectivity index (χ1) is 12.3. The van der Waals surface area contributed by atoms with Crippen LogP contribution in [0.25, 0.3) is 10.9 Å². The summed E-state index contributed by atoms with van der Waals surface area (Å²) in [5.74, 6) is 0.461. The Morgan fingerprint density at radius 2 is 1.88 bits per heavy atom. The van der Waals surface area contributed by atoms with E-state index in [1.807, 2.05) is 30.0 Å². The van der Waals surface area contributed by atoms with E-state index in [1.165, 1.54) is 12.5 Å². The molecule has 0 amide bonds. The van der Waals surface area contributed by atoms with Crippen LogP contribution in [0.1, 0.15) is 34.0 Å². The van der Waals surface area contributed by atoms with Gasteiger partial charge in [-0.3, -0.25) is 14.2 Å². The second-order valence-corrected chi connectivity index (χ2v) is 7.25. The number of aromatic nitrogens is 2. The van der Waals surface area contributed by atoms with Gasteiger partial charge in [0.2, 0.25) is 5.95 Å². The lowest BCUT2D eigenvalue weighted by Crippen LogP contribution is -2.28. The number of ketones is 1. The predicted molar refractivity (Wildman–Crippen MR) is 103 cm³/mol. The standard InChI is InChI=1S/C20H18ClN3O2/c1-11-6-16(12(2)25)18-17(7-11)19(26)23(3)20(22-18)24-9-13-4-5-15(21)8-14(13)10-24/h4-8H,9-10H2,1-3H3. The zero-order valence-corrected chi connectivity index (χ0v) is 15.6. The van der Waals surface area contributed by atoms with E-state index < -0.39 is 0 Å². The quantitative estimate of drug-likeness (QED) is 0.649. The fraction of sp³-hybridized carbons (Fsp3) is 0.250. The summed E-state index contributed by atoms with van der Waals surface area (Å²) < 4.78 is 1.55. The smallest absolute Gasteiger partial charge is 0.262 e. The van der Waals surface area contributed by atoms with Crippen molar-refractivity contribution in [3.8, 4) is 0 Å². The number of fused-ring (bicyclic) bond motifs is 2. The van der Waals surface area contributed by atoms with E-state index in [0.29, 0.717) is 40.5 Å². The third-order valence-electron chi connectivity index (χ3n) is 4.85. The number of hydrogen-bond donors (Lipinski definition) is 0. The minimum absolute atomic E-state index is 0.0955. The number of anilines is 1. The Morgan fingerprint density at radius 1 is 1.15 bits per heavy atom. The van der Waals surface area contributed by atoms with Gasteiger partial charge in [0.1, 0.15) is 0 Å². The Kier molecular flexibility index (Phi) is 3.84. The van der Waals surface area contributed by atoms with Gasteiger partial charge in [0, 0.05) is 30.7 Å². The molecule has 0 unspecified atom stereocenters. The van der Waals surface area contributed by atoms with Crippen molar-refractivity contribution in [1.82, 2.24) is 9.55 Å². The zero-order valence-electron chi connectivity index (χ0n) is 14.8. The van der Waals surface area contributed by atoms with Crippen LogP contribution in [0.15, 0.2) is 35.1 Å². The van der Waals surface area contributed by atoms with Gasteiger partial charge in [-0.05, 0) is 54.8 Å². The van der Waals surface area contributed by atoms with Gasteiger partial charge in [-0.2, -0.15) is 0 Å². The molecule has 0 radical (unpaired) electrons. The maximum Gasteiger partial charge on any atom is 0.262 e. The van der Waals surface area contributed by atoms with Gasteiger partial charge < -0.3 is 4.90 Å². The van der Waals surface area contributed by atoms with Gasteiger partial charge in [-0.1, -0.05) is 17.7 Å². The van der Waals surface area contributed by atoms with Crippen LogP contribution in [0.3, 0.4) is 0 Å². The molecule has 0 fully saturated rings. The molecule has 2 aromatic carbocycles. The summed E-state index contributed by atoms with van der Waals surface area (Å²) in [5, 5.41) is 1.17. The number of nitrogens with zero attached hydrogens (tertiary/aromatic N) is 3. The van der Waals surface area contributed by atoms with Gasteiger partial charge in [0.25, 0.3) is 5.56 Å². The number of rotatable bonds is 2. The molecular weight excluding hydrogens is 350 g/mol. The largest absolute Gasteiger partial charge is 0.333 e. The predicted octanol–water partition coefficient (Wildman–Crippen LogP) is 3.62. The van der Waals surface area contributed by atoms with Crippen molar-refractivity contribution >= 4 is 34.2 Å². The number of Topliss-reactive ketones (excluding diaryl/α,β-unsaturated/α-hetero) is 1. The Balaban J connectivity index is 1.91. The van der Waals surface area contributed by atoms with E-state index in [-0.39, 0.29) is 11.3 Å². The Morgan fingerprint density at radius 3 is 2.62 bits per heavy atom. The van der Waals surface area contributed by atoms with E-state index in [4.69, 9.17) is 16.6 Å². The van der Waals surface area contributed by atoms with Crippen LogP contribution in [-0.4, -0.2) is 15.3 Å². The van der Waals surface area contributed by atoms with Crippen molar-refractivity contribution in [3.63, 3.8) is 0 Å². The molecule has 1 aliphatic rings. The summed E-state index contributed by atoms with van der Waals surface area (Å²) >= 11 is 6.10. The van der Waals surface area contributed by atoms with E-state index in [1.54, 1.807) is 23.7 Å². The normalized spacial score (nSPS) is 13.3. The van der Waals surface area contributed by atoms with Crippen molar-refractivity contribution in [2.45, 2.75) is 26.9 Å². The van der Waals surface area contributed by atoms with Crippen LogP contribution in [-0.2, 0) is 20.1 Å². The maximum atomic E-state index is 12.9. The van der Waals surface area contributed by atoms with Crippen molar-refractivity contribution in [3.05, 3.63) is 68.0 Å². The second kappa shape index (κ2) is 5.95. The van der Waals surface area contributed by atoms with Crippen molar-refractivity contribution in [1.29, 1.82) is 0 Å². The van der Waals surface area contributed by atoms with E-state index >= 15 is 0 Å². The molecule has 0 aliphatic carbocycles. The maximum absolute atomic E-state index is 12.9. The first-order valence-corrected chi connectivity index (χ1v) is 8.77. The molecule has 5 nitrogen and oxygen atoms in total.